The third kappa shape index (κ3) is 25.3. The number of carbonyl (C=O) groups is 5. The molecule has 0 aliphatic rings. The maximum atomic E-state index is 13.0. The molecule has 2 amide bonds. The Morgan fingerprint density at radius 3 is 1.53 bits per heavy atom. The molecule has 0 saturated heterocycles. The Labute approximate surface area is 282 Å². The van der Waals surface area contributed by atoms with E-state index in [0.717, 1.165) is 51.4 Å². The Balaban J connectivity index is 4.42. The van der Waals surface area contributed by atoms with Gasteiger partial charge in [-0.05, 0) is 64.2 Å². The quantitative estimate of drug-likeness (QED) is 0.0375. The van der Waals surface area contributed by atoms with Gasteiger partial charge in [0.2, 0.25) is 11.8 Å². The van der Waals surface area contributed by atoms with Crippen molar-refractivity contribution in [3.8, 4) is 0 Å². The van der Waals surface area contributed by atoms with Gasteiger partial charge in [0.05, 0.1) is 0 Å². The molecule has 2 atom stereocenters. The number of rotatable bonds is 30. The summed E-state index contributed by atoms with van der Waals surface area (Å²) < 4.78 is 0. The molecule has 0 rings (SSSR count). The summed E-state index contributed by atoms with van der Waals surface area (Å²) in [5.41, 5.74) is 21.5. The molecule has 0 aromatic rings. The number of unbranched alkanes of at least 4 members (excludes halogenated alkanes) is 4. The zero-order chi connectivity index (χ0) is 35.5. The highest BCUT2D eigenvalue weighted by Gasteiger charge is 2.21. The standard InChI is InChI=1S/C34H64N8O5/c1-4-26(14-12-22-41-33(35)36)31(46)39-20-10-6-8-17-29(44)24-27(15-13-23-42-34(37)38)32(47)40-21-9-5-7-16-28(43)18-11-19-30(45)25(2)3/h25-27H,4-24H2,1-3H3,(H,39,46)(H,40,47)(H4,35,36,41)(H4,37,38,42). The molecule has 0 aromatic heterocycles. The summed E-state index contributed by atoms with van der Waals surface area (Å²) in [7, 11) is 0. The fourth-order valence-electron chi connectivity index (χ4n) is 5.15. The average Bonchev–Trinajstić information content (AvgIpc) is 3.01. The lowest BCUT2D eigenvalue weighted by molar-refractivity contribution is -0.129. The van der Waals surface area contributed by atoms with Crippen LogP contribution in [-0.2, 0) is 24.0 Å². The summed E-state index contributed by atoms with van der Waals surface area (Å²) >= 11 is 0. The fourth-order valence-corrected chi connectivity index (χ4v) is 5.15. The zero-order valence-corrected chi connectivity index (χ0v) is 29.3. The molecule has 13 nitrogen and oxygen atoms in total. The molecule has 0 saturated carbocycles. The first-order valence-corrected chi connectivity index (χ1v) is 17.6. The number of Topliss-reactive ketones (excluding diaryl/α,β-unsaturated/α-hetero) is 3. The summed E-state index contributed by atoms with van der Waals surface area (Å²) in [6, 6.07) is 0. The van der Waals surface area contributed by atoms with Crippen LogP contribution in [0.4, 0.5) is 0 Å². The van der Waals surface area contributed by atoms with Crippen LogP contribution in [0.25, 0.3) is 0 Å². The van der Waals surface area contributed by atoms with Crippen LogP contribution >= 0.6 is 0 Å². The minimum Gasteiger partial charge on any atom is -0.370 e. The van der Waals surface area contributed by atoms with Crippen LogP contribution in [0.1, 0.15) is 130 Å². The Kier molecular flexibility index (Phi) is 25.5. The van der Waals surface area contributed by atoms with Crippen molar-refractivity contribution in [1.82, 2.24) is 10.6 Å². The van der Waals surface area contributed by atoms with Crippen molar-refractivity contribution in [3.63, 3.8) is 0 Å². The molecule has 0 radical (unpaired) electrons. The van der Waals surface area contributed by atoms with E-state index in [2.05, 4.69) is 20.6 Å². The molecule has 0 fully saturated rings. The number of nitrogens with zero attached hydrogens (tertiary/aromatic N) is 2. The highest BCUT2D eigenvalue weighted by atomic mass is 16.2. The van der Waals surface area contributed by atoms with Gasteiger partial charge in [-0.25, -0.2) is 0 Å². The molecule has 2 unspecified atom stereocenters. The van der Waals surface area contributed by atoms with E-state index in [1.165, 1.54) is 0 Å². The molecule has 0 aromatic carbocycles. The van der Waals surface area contributed by atoms with Crippen LogP contribution in [0.3, 0.4) is 0 Å². The van der Waals surface area contributed by atoms with Crippen LogP contribution in [0.5, 0.6) is 0 Å². The predicted molar refractivity (Wildman–Crippen MR) is 188 cm³/mol. The Bertz CT molecular complexity index is 991. The minimum atomic E-state index is -0.455. The summed E-state index contributed by atoms with van der Waals surface area (Å²) in [4.78, 5) is 69.9. The van der Waals surface area contributed by atoms with Crippen molar-refractivity contribution >= 4 is 41.1 Å². The van der Waals surface area contributed by atoms with Gasteiger partial charge in [0.15, 0.2) is 11.9 Å². The number of carbonyl (C=O) groups excluding carboxylic acids is 5. The predicted octanol–water partition coefficient (Wildman–Crippen LogP) is 3.01. The second kappa shape index (κ2) is 27.6. The molecule has 10 N–H and O–H groups in total. The molecule has 270 valence electrons. The number of amides is 2. The monoisotopic (exact) mass is 664 g/mol. The van der Waals surface area contributed by atoms with Gasteiger partial charge in [0.25, 0.3) is 0 Å². The SMILES string of the molecule is CCC(CCCN=C(N)N)C(=O)NCCCCCC(=O)CC(CCCN=C(N)N)C(=O)NCCCCCC(=O)CCCC(=O)C(C)C. The van der Waals surface area contributed by atoms with Crippen molar-refractivity contribution < 1.29 is 24.0 Å². The number of aliphatic imine (C=N–C) groups is 2. The maximum Gasteiger partial charge on any atom is 0.223 e. The van der Waals surface area contributed by atoms with E-state index in [1.54, 1.807) is 0 Å². The largest absolute Gasteiger partial charge is 0.370 e. The van der Waals surface area contributed by atoms with Gasteiger partial charge in [-0.2, -0.15) is 0 Å². The second-order valence-electron chi connectivity index (χ2n) is 12.7. The second-order valence-corrected chi connectivity index (χ2v) is 12.7. The average molecular weight is 665 g/mol. The van der Waals surface area contributed by atoms with Crippen LogP contribution in [0, 0.1) is 17.8 Å². The van der Waals surface area contributed by atoms with Gasteiger partial charge in [0.1, 0.15) is 17.3 Å². The van der Waals surface area contributed by atoms with Gasteiger partial charge >= 0.3 is 0 Å². The number of nitrogens with one attached hydrogen (secondary N) is 2. The summed E-state index contributed by atoms with van der Waals surface area (Å²) in [5.74, 6) is -0.191. The molecule has 0 aliphatic carbocycles. The van der Waals surface area contributed by atoms with E-state index in [9.17, 15) is 24.0 Å². The summed E-state index contributed by atoms with van der Waals surface area (Å²) in [5, 5.41) is 5.95. The highest BCUT2D eigenvalue weighted by Crippen LogP contribution is 2.16. The van der Waals surface area contributed by atoms with E-state index in [1.807, 2.05) is 20.8 Å². The van der Waals surface area contributed by atoms with Crippen molar-refractivity contribution in [2.75, 3.05) is 26.2 Å². The number of hydrogen-bond donors (Lipinski definition) is 6. The van der Waals surface area contributed by atoms with Gasteiger partial charge < -0.3 is 33.6 Å². The summed E-state index contributed by atoms with van der Waals surface area (Å²) in [6.45, 7) is 7.66. The van der Waals surface area contributed by atoms with Crippen LogP contribution in [-0.4, -0.2) is 67.3 Å². The lowest BCUT2D eigenvalue weighted by atomic mass is 9.94. The Hall–Kier alpha value is -3.51. The van der Waals surface area contributed by atoms with Gasteiger partial charge in [-0.3, -0.25) is 34.0 Å². The number of ketones is 3. The van der Waals surface area contributed by atoms with Gasteiger partial charge in [0, 0.05) is 76.0 Å². The molecular formula is C34H64N8O5. The third-order valence-electron chi connectivity index (χ3n) is 8.10. The smallest absolute Gasteiger partial charge is 0.223 e. The minimum absolute atomic E-state index is 0.00569. The maximum absolute atomic E-state index is 13.0. The van der Waals surface area contributed by atoms with E-state index >= 15 is 0 Å². The van der Waals surface area contributed by atoms with Gasteiger partial charge in [-0.15, -0.1) is 0 Å². The van der Waals surface area contributed by atoms with E-state index in [0.29, 0.717) is 77.5 Å². The normalized spacial score (nSPS) is 12.2. The van der Waals surface area contributed by atoms with Crippen molar-refractivity contribution in [2.45, 2.75) is 130 Å². The summed E-state index contributed by atoms with van der Waals surface area (Å²) in [6.07, 6.45) is 10.4. The highest BCUT2D eigenvalue weighted by molar-refractivity contribution is 5.87. The first kappa shape index (κ1) is 43.5. The number of nitrogens with two attached hydrogens (primary N) is 4. The van der Waals surface area contributed by atoms with Crippen LogP contribution < -0.4 is 33.6 Å². The molecular weight excluding hydrogens is 600 g/mol. The first-order chi connectivity index (χ1) is 22.4. The van der Waals surface area contributed by atoms with Crippen molar-refractivity contribution in [1.29, 1.82) is 0 Å². The molecule has 0 aliphatic heterocycles. The Morgan fingerprint density at radius 2 is 1.04 bits per heavy atom. The van der Waals surface area contributed by atoms with E-state index in [4.69, 9.17) is 22.9 Å². The van der Waals surface area contributed by atoms with Crippen molar-refractivity contribution in [3.05, 3.63) is 0 Å². The molecule has 0 bridgehead atoms. The fraction of sp³-hybridized carbons (Fsp3) is 0.794. The van der Waals surface area contributed by atoms with E-state index < -0.39 is 5.92 Å². The molecule has 47 heavy (non-hydrogen) atoms. The molecule has 13 heteroatoms. The number of hydrogen-bond acceptors (Lipinski definition) is 7. The lowest BCUT2D eigenvalue weighted by Gasteiger charge is -2.16. The topological polar surface area (TPSA) is 238 Å². The Morgan fingerprint density at radius 1 is 0.574 bits per heavy atom. The van der Waals surface area contributed by atoms with Crippen LogP contribution in [0.2, 0.25) is 0 Å². The third-order valence-corrected chi connectivity index (χ3v) is 8.10. The lowest BCUT2D eigenvalue weighted by Crippen LogP contribution is -2.33. The zero-order valence-electron chi connectivity index (χ0n) is 29.3. The molecule has 0 heterocycles. The van der Waals surface area contributed by atoms with Crippen molar-refractivity contribution in [2.24, 2.45) is 50.7 Å². The van der Waals surface area contributed by atoms with Crippen LogP contribution in [0.15, 0.2) is 9.98 Å². The first-order valence-electron chi connectivity index (χ1n) is 17.6. The number of guanidine groups is 2. The van der Waals surface area contributed by atoms with E-state index in [-0.39, 0.29) is 59.3 Å². The van der Waals surface area contributed by atoms with Gasteiger partial charge in [-0.1, -0.05) is 33.6 Å². The molecule has 0 spiro atoms.